The fourth-order valence-corrected chi connectivity index (χ4v) is 5.02. The van der Waals surface area contributed by atoms with Crippen LogP contribution in [0.25, 0.3) is 5.76 Å². The van der Waals surface area contributed by atoms with Crippen molar-refractivity contribution in [3.8, 4) is 17.2 Å². The van der Waals surface area contributed by atoms with Crippen molar-refractivity contribution in [3.63, 3.8) is 0 Å². The van der Waals surface area contributed by atoms with Gasteiger partial charge in [0.05, 0.1) is 31.9 Å². The van der Waals surface area contributed by atoms with E-state index in [9.17, 15) is 14.7 Å². The molecule has 2 heterocycles. The lowest BCUT2D eigenvalue weighted by Gasteiger charge is -2.29. The number of aliphatic hydroxyl groups is 1. The number of Topliss-reactive ketones (excluding diaryl/α,β-unsaturated/α-hetero) is 1. The minimum absolute atomic E-state index is 0.0633. The molecule has 8 heteroatoms. The highest BCUT2D eigenvalue weighted by atomic mass is 16.5. The fraction of sp³-hybridized carbons (Fsp3) is 0.290. The zero-order valence-corrected chi connectivity index (χ0v) is 21.9. The summed E-state index contributed by atoms with van der Waals surface area (Å²) in [7, 11) is 1.56. The third-order valence-electron chi connectivity index (χ3n) is 7.03. The number of hydrogen-bond acceptors (Lipinski definition) is 7. The lowest BCUT2D eigenvalue weighted by molar-refractivity contribution is -0.140. The largest absolute Gasteiger partial charge is 0.507 e. The SMILES string of the molecule is COc1ccc(C(O)=C2C(=O)C(=O)N(CCCN3CCOCC3)[C@H]2c2cccc(Oc3ccccc3)c2)cc1. The van der Waals surface area contributed by atoms with E-state index in [1.54, 1.807) is 36.3 Å². The summed E-state index contributed by atoms with van der Waals surface area (Å²) in [6, 6.07) is 22.7. The van der Waals surface area contributed by atoms with Crippen molar-refractivity contribution in [2.24, 2.45) is 0 Å². The van der Waals surface area contributed by atoms with E-state index in [0.717, 1.165) is 19.6 Å². The number of methoxy groups -OCH3 is 1. The van der Waals surface area contributed by atoms with Crippen molar-refractivity contribution in [2.45, 2.75) is 12.5 Å². The minimum Gasteiger partial charge on any atom is -0.507 e. The lowest BCUT2D eigenvalue weighted by atomic mass is 9.95. The van der Waals surface area contributed by atoms with Gasteiger partial charge in [-0.1, -0.05) is 30.3 Å². The van der Waals surface area contributed by atoms with Crippen molar-refractivity contribution < 1.29 is 28.9 Å². The number of nitrogens with zero attached hydrogens (tertiary/aromatic N) is 2. The summed E-state index contributed by atoms with van der Waals surface area (Å²) in [5, 5.41) is 11.3. The van der Waals surface area contributed by atoms with Crippen LogP contribution in [-0.4, -0.2) is 73.1 Å². The van der Waals surface area contributed by atoms with Crippen LogP contribution in [-0.2, 0) is 14.3 Å². The van der Waals surface area contributed by atoms with E-state index in [2.05, 4.69) is 4.90 Å². The predicted octanol–water partition coefficient (Wildman–Crippen LogP) is 4.63. The first kappa shape index (κ1) is 26.5. The van der Waals surface area contributed by atoms with E-state index in [1.165, 1.54) is 0 Å². The molecule has 2 saturated heterocycles. The van der Waals surface area contributed by atoms with Crippen molar-refractivity contribution in [3.05, 3.63) is 95.6 Å². The molecule has 0 bridgehead atoms. The molecule has 3 aromatic carbocycles. The molecule has 2 fully saturated rings. The highest BCUT2D eigenvalue weighted by molar-refractivity contribution is 6.46. The van der Waals surface area contributed by atoms with Gasteiger partial charge in [-0.2, -0.15) is 0 Å². The van der Waals surface area contributed by atoms with Crippen molar-refractivity contribution >= 4 is 17.4 Å². The Morgan fingerprint density at radius 3 is 2.33 bits per heavy atom. The number of carbonyl (C=O) groups excluding carboxylic acids is 2. The maximum absolute atomic E-state index is 13.4. The molecule has 3 aromatic rings. The van der Waals surface area contributed by atoms with E-state index in [1.807, 2.05) is 54.6 Å². The molecule has 202 valence electrons. The topological polar surface area (TPSA) is 88.5 Å². The van der Waals surface area contributed by atoms with Crippen LogP contribution < -0.4 is 9.47 Å². The van der Waals surface area contributed by atoms with Gasteiger partial charge in [0.15, 0.2) is 0 Å². The van der Waals surface area contributed by atoms with Gasteiger partial charge in [0.1, 0.15) is 23.0 Å². The summed E-state index contributed by atoms with van der Waals surface area (Å²) in [6.45, 7) is 4.24. The summed E-state index contributed by atoms with van der Waals surface area (Å²) >= 11 is 0. The quantitative estimate of drug-likeness (QED) is 0.246. The summed E-state index contributed by atoms with van der Waals surface area (Å²) in [5.41, 5.74) is 1.18. The third-order valence-corrected chi connectivity index (χ3v) is 7.03. The lowest BCUT2D eigenvalue weighted by Crippen LogP contribution is -2.38. The van der Waals surface area contributed by atoms with Gasteiger partial charge in [-0.3, -0.25) is 14.5 Å². The zero-order chi connectivity index (χ0) is 27.2. The van der Waals surface area contributed by atoms with Gasteiger partial charge >= 0.3 is 0 Å². The average molecular weight is 529 g/mol. The van der Waals surface area contributed by atoms with Crippen LogP contribution >= 0.6 is 0 Å². The van der Waals surface area contributed by atoms with E-state index >= 15 is 0 Å². The molecule has 8 nitrogen and oxygen atoms in total. The first-order valence-electron chi connectivity index (χ1n) is 13.1. The van der Waals surface area contributed by atoms with Gasteiger partial charge in [0.2, 0.25) is 0 Å². The molecule has 2 aliphatic heterocycles. The zero-order valence-electron chi connectivity index (χ0n) is 21.9. The monoisotopic (exact) mass is 528 g/mol. The number of hydrogen-bond donors (Lipinski definition) is 1. The number of ketones is 1. The van der Waals surface area contributed by atoms with Gasteiger partial charge in [0, 0.05) is 31.7 Å². The van der Waals surface area contributed by atoms with Crippen LogP contribution in [0.2, 0.25) is 0 Å². The first-order valence-corrected chi connectivity index (χ1v) is 13.1. The summed E-state index contributed by atoms with van der Waals surface area (Å²) < 4.78 is 16.7. The Labute approximate surface area is 228 Å². The Hall–Kier alpha value is -4.14. The Morgan fingerprint density at radius 2 is 1.62 bits per heavy atom. The van der Waals surface area contributed by atoms with Crippen LogP contribution in [0, 0.1) is 0 Å². The second-order valence-corrected chi connectivity index (χ2v) is 9.52. The summed E-state index contributed by atoms with van der Waals surface area (Å²) in [4.78, 5) is 30.6. The molecule has 0 aromatic heterocycles. The first-order chi connectivity index (χ1) is 19.0. The Morgan fingerprint density at radius 1 is 0.897 bits per heavy atom. The van der Waals surface area contributed by atoms with Gasteiger partial charge < -0.3 is 24.2 Å². The Balaban J connectivity index is 1.49. The molecule has 0 spiro atoms. The van der Waals surface area contributed by atoms with E-state index in [-0.39, 0.29) is 11.3 Å². The van der Waals surface area contributed by atoms with Gasteiger partial charge in [-0.05, 0) is 60.5 Å². The normalized spacial score (nSPS) is 19.3. The molecule has 0 radical (unpaired) electrons. The summed E-state index contributed by atoms with van der Waals surface area (Å²) in [5.74, 6) is 0.332. The van der Waals surface area contributed by atoms with Crippen LogP contribution in [0.1, 0.15) is 23.6 Å². The molecule has 0 unspecified atom stereocenters. The third kappa shape index (κ3) is 5.97. The van der Waals surface area contributed by atoms with Crippen LogP contribution in [0.15, 0.2) is 84.4 Å². The van der Waals surface area contributed by atoms with E-state index < -0.39 is 17.7 Å². The molecule has 5 rings (SSSR count). The number of amides is 1. The van der Waals surface area contributed by atoms with Crippen LogP contribution in [0.5, 0.6) is 17.2 Å². The Kier molecular flexibility index (Phi) is 8.24. The number of morpholine rings is 1. The summed E-state index contributed by atoms with van der Waals surface area (Å²) in [6.07, 6.45) is 0.687. The maximum atomic E-state index is 13.4. The molecule has 0 aliphatic carbocycles. The van der Waals surface area contributed by atoms with Gasteiger partial charge in [0.25, 0.3) is 11.7 Å². The maximum Gasteiger partial charge on any atom is 0.295 e. The number of ether oxygens (including phenoxy) is 3. The highest BCUT2D eigenvalue weighted by Crippen LogP contribution is 2.41. The number of para-hydroxylation sites is 1. The number of aliphatic hydroxyl groups excluding tert-OH is 1. The standard InChI is InChI=1S/C31H32N2O6/c1-37-24-13-11-22(12-14-24)29(34)27-28(23-7-5-10-26(21-23)39-25-8-3-2-4-9-25)33(31(36)30(27)35)16-6-15-32-17-19-38-20-18-32/h2-5,7-14,21,28,34H,6,15-20H2,1H3/t28-/m0/s1. The number of rotatable bonds is 9. The second-order valence-electron chi connectivity index (χ2n) is 9.52. The molecule has 39 heavy (non-hydrogen) atoms. The molecular weight excluding hydrogens is 496 g/mol. The number of benzene rings is 3. The van der Waals surface area contributed by atoms with E-state index in [0.29, 0.717) is 54.6 Å². The smallest absolute Gasteiger partial charge is 0.295 e. The molecule has 0 saturated carbocycles. The van der Waals surface area contributed by atoms with Crippen LogP contribution in [0.4, 0.5) is 0 Å². The van der Waals surface area contributed by atoms with Gasteiger partial charge in [-0.15, -0.1) is 0 Å². The fourth-order valence-electron chi connectivity index (χ4n) is 5.02. The van der Waals surface area contributed by atoms with Gasteiger partial charge in [-0.25, -0.2) is 0 Å². The highest BCUT2D eigenvalue weighted by Gasteiger charge is 2.46. The minimum atomic E-state index is -0.754. The van der Waals surface area contributed by atoms with Crippen molar-refractivity contribution in [1.29, 1.82) is 0 Å². The molecular formula is C31H32N2O6. The molecule has 1 N–H and O–H groups in total. The number of carbonyl (C=O) groups is 2. The second kappa shape index (κ2) is 12.1. The average Bonchev–Trinajstić information content (AvgIpc) is 3.23. The van der Waals surface area contributed by atoms with Crippen molar-refractivity contribution in [1.82, 2.24) is 9.80 Å². The van der Waals surface area contributed by atoms with Crippen LogP contribution in [0.3, 0.4) is 0 Å². The molecule has 2 aliphatic rings. The predicted molar refractivity (Wildman–Crippen MR) is 147 cm³/mol. The van der Waals surface area contributed by atoms with Crippen molar-refractivity contribution in [2.75, 3.05) is 46.5 Å². The molecule has 1 atom stereocenters. The van der Waals surface area contributed by atoms with E-state index in [4.69, 9.17) is 14.2 Å². The molecule has 1 amide bonds. The Bertz CT molecular complexity index is 1330. The number of likely N-dealkylation sites (tertiary alicyclic amines) is 1.